The molecule has 0 atom stereocenters. The van der Waals surface area contributed by atoms with Crippen LogP contribution >= 0.6 is 0 Å². The van der Waals surface area contributed by atoms with Crippen LogP contribution in [-0.2, 0) is 13.0 Å². The van der Waals surface area contributed by atoms with E-state index >= 15 is 0 Å². The van der Waals surface area contributed by atoms with Crippen molar-refractivity contribution in [1.82, 2.24) is 0 Å². The third kappa shape index (κ3) is 4.34. The molecule has 1 aromatic rings. The van der Waals surface area contributed by atoms with Gasteiger partial charge in [-0.15, -0.1) is 0 Å². The average molecular weight is 249 g/mol. The van der Waals surface area contributed by atoms with Crippen LogP contribution in [0.1, 0.15) is 62.1 Å². The van der Waals surface area contributed by atoms with Gasteiger partial charge < -0.3 is 10.8 Å². The fourth-order valence-electron chi connectivity index (χ4n) is 2.41. The zero-order chi connectivity index (χ0) is 13.4. The molecule has 0 aliphatic carbocycles. The topological polar surface area (TPSA) is 46.2 Å². The standard InChI is InChI=1S/C16H27NO/c1-3-4-5-6-7-8-9-15-13(2)14(12-17)10-11-16(15)18/h10-11,18H,3-9,12,17H2,1-2H3. The predicted molar refractivity (Wildman–Crippen MR) is 77.8 cm³/mol. The van der Waals surface area contributed by atoms with Gasteiger partial charge in [0.05, 0.1) is 0 Å². The van der Waals surface area contributed by atoms with Crippen LogP contribution in [0.4, 0.5) is 0 Å². The molecule has 0 aliphatic heterocycles. The number of unbranched alkanes of at least 4 members (excludes halogenated alkanes) is 5. The first-order chi connectivity index (χ1) is 8.70. The van der Waals surface area contributed by atoms with Crippen molar-refractivity contribution in [2.45, 2.75) is 65.3 Å². The second-order valence-corrected chi connectivity index (χ2v) is 5.07. The lowest BCUT2D eigenvalue weighted by Crippen LogP contribution is -2.02. The average Bonchev–Trinajstić information content (AvgIpc) is 2.37. The van der Waals surface area contributed by atoms with Gasteiger partial charge in [-0.1, -0.05) is 45.1 Å². The van der Waals surface area contributed by atoms with E-state index in [9.17, 15) is 5.11 Å². The quantitative estimate of drug-likeness (QED) is 0.682. The van der Waals surface area contributed by atoms with Gasteiger partial charge in [-0.2, -0.15) is 0 Å². The van der Waals surface area contributed by atoms with Gasteiger partial charge >= 0.3 is 0 Å². The summed E-state index contributed by atoms with van der Waals surface area (Å²) in [7, 11) is 0. The second-order valence-electron chi connectivity index (χ2n) is 5.07. The van der Waals surface area contributed by atoms with E-state index in [0.29, 0.717) is 12.3 Å². The monoisotopic (exact) mass is 249 g/mol. The Balaban J connectivity index is 2.46. The highest BCUT2D eigenvalue weighted by Gasteiger charge is 2.08. The minimum atomic E-state index is 0.429. The first-order valence-electron chi connectivity index (χ1n) is 7.21. The van der Waals surface area contributed by atoms with E-state index in [0.717, 1.165) is 24.0 Å². The van der Waals surface area contributed by atoms with Crippen molar-refractivity contribution in [3.8, 4) is 5.75 Å². The Kier molecular flexibility index (Phi) is 6.81. The zero-order valence-electron chi connectivity index (χ0n) is 11.8. The van der Waals surface area contributed by atoms with Crippen LogP contribution < -0.4 is 5.73 Å². The number of aromatic hydroxyl groups is 1. The number of benzene rings is 1. The van der Waals surface area contributed by atoms with Crippen molar-refractivity contribution in [3.63, 3.8) is 0 Å². The molecular weight excluding hydrogens is 222 g/mol. The number of rotatable bonds is 8. The van der Waals surface area contributed by atoms with E-state index in [-0.39, 0.29) is 0 Å². The van der Waals surface area contributed by atoms with Gasteiger partial charge in [0.2, 0.25) is 0 Å². The molecule has 0 bridgehead atoms. The Morgan fingerprint density at radius 3 is 2.39 bits per heavy atom. The van der Waals surface area contributed by atoms with E-state index in [1.807, 2.05) is 6.07 Å². The van der Waals surface area contributed by atoms with E-state index in [1.165, 1.54) is 37.7 Å². The van der Waals surface area contributed by atoms with Gasteiger partial charge in [-0.25, -0.2) is 0 Å². The number of hydrogen-bond donors (Lipinski definition) is 2. The lowest BCUT2D eigenvalue weighted by atomic mass is 9.96. The van der Waals surface area contributed by atoms with Gasteiger partial charge in [-0.3, -0.25) is 0 Å². The SMILES string of the molecule is CCCCCCCCc1c(O)ccc(CN)c1C. The normalized spacial score (nSPS) is 10.8. The van der Waals surface area contributed by atoms with Crippen molar-refractivity contribution < 1.29 is 5.11 Å². The third-order valence-electron chi connectivity index (χ3n) is 3.69. The summed E-state index contributed by atoms with van der Waals surface area (Å²) in [6.45, 7) is 4.85. The molecule has 102 valence electrons. The summed E-state index contributed by atoms with van der Waals surface area (Å²) in [6.07, 6.45) is 8.66. The van der Waals surface area contributed by atoms with Crippen LogP contribution in [-0.4, -0.2) is 5.11 Å². The van der Waals surface area contributed by atoms with Gasteiger partial charge in [0.25, 0.3) is 0 Å². The Morgan fingerprint density at radius 1 is 1.06 bits per heavy atom. The van der Waals surface area contributed by atoms with E-state index in [1.54, 1.807) is 6.07 Å². The Labute approximate surface area is 111 Å². The molecule has 3 N–H and O–H groups in total. The van der Waals surface area contributed by atoms with Gasteiger partial charge in [0.15, 0.2) is 0 Å². The molecule has 18 heavy (non-hydrogen) atoms. The van der Waals surface area contributed by atoms with Crippen LogP contribution in [0.3, 0.4) is 0 Å². The van der Waals surface area contributed by atoms with Crippen molar-refractivity contribution in [3.05, 3.63) is 28.8 Å². The number of phenolic OH excluding ortho intramolecular Hbond substituents is 1. The van der Waals surface area contributed by atoms with Crippen LogP contribution in [0.2, 0.25) is 0 Å². The Morgan fingerprint density at radius 2 is 1.72 bits per heavy atom. The van der Waals surface area contributed by atoms with Gasteiger partial charge in [0.1, 0.15) is 5.75 Å². The van der Waals surface area contributed by atoms with Crippen LogP contribution in [0.15, 0.2) is 12.1 Å². The largest absolute Gasteiger partial charge is 0.508 e. The first-order valence-corrected chi connectivity index (χ1v) is 7.21. The molecule has 0 unspecified atom stereocenters. The highest BCUT2D eigenvalue weighted by atomic mass is 16.3. The maximum atomic E-state index is 9.91. The van der Waals surface area contributed by atoms with Crippen molar-refractivity contribution in [1.29, 1.82) is 0 Å². The smallest absolute Gasteiger partial charge is 0.119 e. The summed E-state index contributed by atoms with van der Waals surface area (Å²) in [4.78, 5) is 0. The molecule has 2 nitrogen and oxygen atoms in total. The summed E-state index contributed by atoms with van der Waals surface area (Å²) in [5.74, 6) is 0.429. The molecule has 0 aromatic heterocycles. The van der Waals surface area contributed by atoms with Crippen molar-refractivity contribution >= 4 is 0 Å². The molecule has 0 fully saturated rings. The Hall–Kier alpha value is -1.02. The van der Waals surface area contributed by atoms with Crippen LogP contribution in [0.5, 0.6) is 5.75 Å². The van der Waals surface area contributed by atoms with Crippen molar-refractivity contribution in [2.24, 2.45) is 5.73 Å². The molecule has 0 spiro atoms. The fourth-order valence-corrected chi connectivity index (χ4v) is 2.41. The van der Waals surface area contributed by atoms with E-state index in [4.69, 9.17) is 5.73 Å². The number of phenols is 1. The molecule has 1 rings (SSSR count). The minimum Gasteiger partial charge on any atom is -0.508 e. The first kappa shape index (κ1) is 15.0. The highest BCUT2D eigenvalue weighted by molar-refractivity contribution is 5.43. The van der Waals surface area contributed by atoms with Crippen molar-refractivity contribution in [2.75, 3.05) is 0 Å². The summed E-state index contributed by atoms with van der Waals surface area (Å²) >= 11 is 0. The fraction of sp³-hybridized carbons (Fsp3) is 0.625. The molecule has 0 radical (unpaired) electrons. The molecule has 0 amide bonds. The summed E-state index contributed by atoms with van der Waals surface area (Å²) in [5.41, 5.74) is 9.11. The summed E-state index contributed by atoms with van der Waals surface area (Å²) < 4.78 is 0. The van der Waals surface area contributed by atoms with Crippen LogP contribution in [0.25, 0.3) is 0 Å². The van der Waals surface area contributed by atoms with E-state index in [2.05, 4.69) is 13.8 Å². The maximum Gasteiger partial charge on any atom is 0.119 e. The molecule has 0 heterocycles. The summed E-state index contributed by atoms with van der Waals surface area (Å²) in [5, 5.41) is 9.91. The number of hydrogen-bond acceptors (Lipinski definition) is 2. The molecule has 2 heteroatoms. The highest BCUT2D eigenvalue weighted by Crippen LogP contribution is 2.26. The van der Waals surface area contributed by atoms with Gasteiger partial charge in [0, 0.05) is 6.54 Å². The zero-order valence-corrected chi connectivity index (χ0v) is 11.8. The molecule has 0 saturated carbocycles. The lowest BCUT2D eigenvalue weighted by molar-refractivity contribution is 0.465. The van der Waals surface area contributed by atoms with Gasteiger partial charge in [-0.05, 0) is 42.5 Å². The number of nitrogens with two attached hydrogens (primary N) is 1. The van der Waals surface area contributed by atoms with E-state index < -0.39 is 0 Å². The summed E-state index contributed by atoms with van der Waals surface area (Å²) in [6, 6.07) is 3.71. The minimum absolute atomic E-state index is 0.429. The maximum absolute atomic E-state index is 9.91. The lowest BCUT2D eigenvalue weighted by Gasteiger charge is -2.12. The molecule has 0 aliphatic rings. The van der Waals surface area contributed by atoms with Crippen LogP contribution in [0, 0.1) is 6.92 Å². The second kappa shape index (κ2) is 8.15. The molecule has 0 saturated heterocycles. The third-order valence-corrected chi connectivity index (χ3v) is 3.69. The molecular formula is C16H27NO. The molecule has 1 aromatic carbocycles. The Bertz CT molecular complexity index is 360. The predicted octanol–water partition coefficient (Wildman–Crippen LogP) is 4.06.